The monoisotopic (exact) mass is 293 g/mol. The van der Waals surface area contributed by atoms with E-state index in [0.717, 1.165) is 38.6 Å². The number of hydrogen-bond donors (Lipinski definition) is 1. The van der Waals surface area contributed by atoms with Crippen LogP contribution in [0.2, 0.25) is 0 Å². The van der Waals surface area contributed by atoms with Gasteiger partial charge in [0.25, 0.3) is 0 Å². The van der Waals surface area contributed by atoms with Crippen LogP contribution in [0.15, 0.2) is 12.2 Å². The standard InChI is InChI=1S/C18H31NO2/c1-2-3-4-5-6-10-16(20)11-7-9-15-14-18(21)17-12-8-13-19(15)17/h6,10,15,17-18,21H,2-5,7-9,11-14H2,1H3/b10-6+/t15-,17+,18-/m1/s1. The molecule has 2 aliphatic rings. The molecule has 0 spiro atoms. The average Bonchev–Trinajstić information content (AvgIpc) is 3.04. The van der Waals surface area contributed by atoms with Crippen molar-refractivity contribution in [2.75, 3.05) is 6.54 Å². The highest BCUT2D eigenvalue weighted by Gasteiger charge is 2.42. The number of nitrogens with zero attached hydrogens (tertiary/aromatic N) is 1. The van der Waals surface area contributed by atoms with Gasteiger partial charge < -0.3 is 5.11 Å². The minimum Gasteiger partial charge on any atom is -0.391 e. The number of carbonyl (C=O) groups is 1. The van der Waals surface area contributed by atoms with E-state index in [4.69, 9.17) is 0 Å². The number of aliphatic hydroxyl groups excluding tert-OH is 1. The Labute approximate surface area is 129 Å². The van der Waals surface area contributed by atoms with E-state index in [1.165, 1.54) is 25.7 Å². The molecule has 3 nitrogen and oxygen atoms in total. The zero-order valence-corrected chi connectivity index (χ0v) is 13.5. The van der Waals surface area contributed by atoms with E-state index < -0.39 is 0 Å². The molecule has 2 heterocycles. The molecule has 120 valence electrons. The third-order valence-electron chi connectivity index (χ3n) is 5.01. The smallest absolute Gasteiger partial charge is 0.155 e. The summed E-state index contributed by atoms with van der Waals surface area (Å²) in [5.41, 5.74) is 0. The van der Waals surface area contributed by atoms with E-state index in [1.54, 1.807) is 6.08 Å². The molecule has 1 N–H and O–H groups in total. The Balaban J connectivity index is 1.60. The van der Waals surface area contributed by atoms with Crippen molar-refractivity contribution in [3.63, 3.8) is 0 Å². The second-order valence-corrected chi connectivity index (χ2v) is 6.66. The van der Waals surface area contributed by atoms with Crippen LogP contribution in [-0.4, -0.2) is 40.5 Å². The lowest BCUT2D eigenvalue weighted by molar-refractivity contribution is -0.114. The maximum atomic E-state index is 11.8. The molecule has 0 radical (unpaired) electrons. The molecule has 21 heavy (non-hydrogen) atoms. The lowest BCUT2D eigenvalue weighted by Gasteiger charge is -2.23. The van der Waals surface area contributed by atoms with Crippen molar-refractivity contribution >= 4 is 5.78 Å². The first-order valence-corrected chi connectivity index (χ1v) is 8.85. The summed E-state index contributed by atoms with van der Waals surface area (Å²) in [7, 11) is 0. The molecule has 0 amide bonds. The van der Waals surface area contributed by atoms with Crippen molar-refractivity contribution in [3.8, 4) is 0 Å². The predicted octanol–water partition coefficient (Wildman–Crippen LogP) is 3.46. The number of carbonyl (C=O) groups excluding carboxylic acids is 1. The number of fused-ring (bicyclic) bond motifs is 1. The Morgan fingerprint density at radius 1 is 1.33 bits per heavy atom. The molecule has 2 saturated heterocycles. The van der Waals surface area contributed by atoms with Gasteiger partial charge in [0.2, 0.25) is 0 Å². The molecule has 2 aliphatic heterocycles. The summed E-state index contributed by atoms with van der Waals surface area (Å²) in [6, 6.07) is 0.915. The first-order valence-electron chi connectivity index (χ1n) is 8.85. The first-order chi connectivity index (χ1) is 10.2. The highest BCUT2D eigenvalue weighted by molar-refractivity contribution is 5.89. The highest BCUT2D eigenvalue weighted by Crippen LogP contribution is 2.34. The van der Waals surface area contributed by atoms with E-state index in [2.05, 4.69) is 11.8 Å². The van der Waals surface area contributed by atoms with Gasteiger partial charge in [-0.05, 0) is 57.6 Å². The van der Waals surface area contributed by atoms with E-state index >= 15 is 0 Å². The van der Waals surface area contributed by atoms with Crippen molar-refractivity contribution in [2.45, 2.75) is 89.3 Å². The van der Waals surface area contributed by atoms with Crippen LogP contribution in [-0.2, 0) is 4.79 Å². The van der Waals surface area contributed by atoms with E-state index in [9.17, 15) is 9.90 Å². The molecule has 0 aromatic carbocycles. The molecule has 3 heteroatoms. The summed E-state index contributed by atoms with van der Waals surface area (Å²) in [6.07, 6.45) is 14.3. The van der Waals surface area contributed by atoms with Crippen LogP contribution in [0, 0.1) is 0 Å². The number of allylic oxidation sites excluding steroid dienone is 2. The van der Waals surface area contributed by atoms with Crippen LogP contribution in [0.4, 0.5) is 0 Å². The summed E-state index contributed by atoms with van der Waals surface area (Å²) >= 11 is 0. The normalized spacial score (nSPS) is 29.3. The molecule has 0 unspecified atom stereocenters. The van der Waals surface area contributed by atoms with Gasteiger partial charge in [0.05, 0.1) is 6.10 Å². The van der Waals surface area contributed by atoms with Gasteiger partial charge in [-0.2, -0.15) is 0 Å². The van der Waals surface area contributed by atoms with Gasteiger partial charge in [-0.25, -0.2) is 0 Å². The fourth-order valence-corrected chi connectivity index (χ4v) is 3.86. The quantitative estimate of drug-likeness (QED) is 0.523. The molecule has 0 saturated carbocycles. The topological polar surface area (TPSA) is 40.5 Å². The second-order valence-electron chi connectivity index (χ2n) is 6.66. The van der Waals surface area contributed by atoms with Crippen molar-refractivity contribution in [2.24, 2.45) is 0 Å². The van der Waals surface area contributed by atoms with Gasteiger partial charge in [0, 0.05) is 18.5 Å². The average molecular weight is 293 g/mol. The van der Waals surface area contributed by atoms with Gasteiger partial charge in [-0.1, -0.05) is 25.8 Å². The molecular formula is C18H31NO2. The lowest BCUT2D eigenvalue weighted by atomic mass is 10.0. The fourth-order valence-electron chi connectivity index (χ4n) is 3.86. The van der Waals surface area contributed by atoms with Crippen LogP contribution in [0.1, 0.15) is 71.1 Å². The Morgan fingerprint density at radius 3 is 3.00 bits per heavy atom. The van der Waals surface area contributed by atoms with E-state index in [0.29, 0.717) is 18.5 Å². The van der Waals surface area contributed by atoms with Gasteiger partial charge >= 0.3 is 0 Å². The molecule has 3 atom stereocenters. The number of ketones is 1. The molecule has 0 aromatic heterocycles. The van der Waals surface area contributed by atoms with Gasteiger partial charge in [-0.3, -0.25) is 9.69 Å². The van der Waals surface area contributed by atoms with Gasteiger partial charge in [-0.15, -0.1) is 0 Å². The summed E-state index contributed by atoms with van der Waals surface area (Å²) < 4.78 is 0. The van der Waals surface area contributed by atoms with Crippen LogP contribution in [0.5, 0.6) is 0 Å². The summed E-state index contributed by atoms with van der Waals surface area (Å²) in [5, 5.41) is 10.0. The third kappa shape index (κ3) is 4.93. The predicted molar refractivity (Wildman–Crippen MR) is 86.3 cm³/mol. The number of hydrogen-bond acceptors (Lipinski definition) is 3. The molecule has 0 bridgehead atoms. The van der Waals surface area contributed by atoms with Gasteiger partial charge in [0.15, 0.2) is 5.78 Å². The molecule has 2 rings (SSSR count). The fraction of sp³-hybridized carbons (Fsp3) is 0.833. The van der Waals surface area contributed by atoms with Crippen LogP contribution in [0.25, 0.3) is 0 Å². The molecule has 0 aromatic rings. The molecule has 2 fully saturated rings. The SMILES string of the molecule is CCCCC/C=C/C(=O)CCC[C@@H]1C[C@@H](O)[C@@H]2CCCN12. The maximum absolute atomic E-state index is 11.8. The van der Waals surface area contributed by atoms with Crippen molar-refractivity contribution < 1.29 is 9.90 Å². The zero-order chi connectivity index (χ0) is 15.1. The van der Waals surface area contributed by atoms with Crippen molar-refractivity contribution in [1.82, 2.24) is 4.90 Å². The Hall–Kier alpha value is -0.670. The lowest BCUT2D eigenvalue weighted by Crippen LogP contribution is -2.33. The van der Waals surface area contributed by atoms with Crippen LogP contribution < -0.4 is 0 Å². The van der Waals surface area contributed by atoms with Crippen LogP contribution >= 0.6 is 0 Å². The number of aliphatic hydroxyl groups is 1. The minimum absolute atomic E-state index is 0.133. The first kappa shape index (κ1) is 16.7. The number of unbranched alkanes of at least 4 members (excludes halogenated alkanes) is 3. The molecular weight excluding hydrogens is 262 g/mol. The summed E-state index contributed by atoms with van der Waals surface area (Å²) in [4.78, 5) is 14.3. The van der Waals surface area contributed by atoms with Crippen molar-refractivity contribution in [1.29, 1.82) is 0 Å². The van der Waals surface area contributed by atoms with E-state index in [-0.39, 0.29) is 11.9 Å². The zero-order valence-electron chi connectivity index (χ0n) is 13.5. The number of rotatable bonds is 9. The summed E-state index contributed by atoms with van der Waals surface area (Å²) in [5.74, 6) is 0.267. The summed E-state index contributed by atoms with van der Waals surface area (Å²) in [6.45, 7) is 3.33. The largest absolute Gasteiger partial charge is 0.391 e. The Kier molecular flexibility index (Phi) is 6.91. The van der Waals surface area contributed by atoms with E-state index in [1.807, 2.05) is 6.08 Å². The van der Waals surface area contributed by atoms with Gasteiger partial charge in [0.1, 0.15) is 0 Å². The minimum atomic E-state index is -0.133. The highest BCUT2D eigenvalue weighted by atomic mass is 16.3. The van der Waals surface area contributed by atoms with Crippen LogP contribution in [0.3, 0.4) is 0 Å². The Morgan fingerprint density at radius 2 is 2.19 bits per heavy atom. The third-order valence-corrected chi connectivity index (χ3v) is 5.01. The second kappa shape index (κ2) is 8.70. The maximum Gasteiger partial charge on any atom is 0.155 e. The van der Waals surface area contributed by atoms with Crippen molar-refractivity contribution in [3.05, 3.63) is 12.2 Å². The Bertz CT molecular complexity index is 353. The molecule has 0 aliphatic carbocycles.